The lowest BCUT2D eigenvalue weighted by Gasteiger charge is -2.39. The number of rotatable bonds is 5. The number of ether oxygens (including phenoxy) is 1. The maximum atomic E-state index is 10.2. The smallest absolute Gasteiger partial charge is 0.0900 e. The minimum atomic E-state index is -0.320. The maximum Gasteiger partial charge on any atom is 0.0900 e. The Hall–Kier alpha value is -0.120. The summed E-state index contributed by atoms with van der Waals surface area (Å²) in [5.74, 6) is 0.813. The Morgan fingerprint density at radius 1 is 1.25 bits per heavy atom. The van der Waals surface area contributed by atoms with Crippen LogP contribution in [0.1, 0.15) is 52.9 Å². The van der Waals surface area contributed by atoms with Gasteiger partial charge < -0.3 is 14.7 Å². The predicted octanol–water partition coefficient (Wildman–Crippen LogP) is 2.67. The summed E-state index contributed by atoms with van der Waals surface area (Å²) in [6, 6.07) is 0. The molecule has 1 N–H and O–H groups in total. The highest BCUT2D eigenvalue weighted by Crippen LogP contribution is 2.66. The molecule has 2 aliphatic carbocycles. The SMILES string of the molecule is CC1(C)[C@H]2CC[C@@]1(C)[C@@H](OC[C@H](O)CN1CCCC1)C2. The monoisotopic (exact) mass is 281 g/mol. The molecule has 3 heteroatoms. The van der Waals surface area contributed by atoms with Crippen LogP contribution in [0.3, 0.4) is 0 Å². The van der Waals surface area contributed by atoms with Gasteiger partial charge in [-0.1, -0.05) is 20.8 Å². The highest BCUT2D eigenvalue weighted by molar-refractivity contribution is 5.11. The summed E-state index contributed by atoms with van der Waals surface area (Å²) >= 11 is 0. The normalized spacial score (nSPS) is 41.4. The molecular weight excluding hydrogens is 250 g/mol. The van der Waals surface area contributed by atoms with E-state index in [-0.39, 0.29) is 6.10 Å². The number of fused-ring (bicyclic) bond motifs is 2. The maximum absolute atomic E-state index is 10.2. The predicted molar refractivity (Wildman–Crippen MR) is 80.6 cm³/mol. The molecule has 3 nitrogen and oxygen atoms in total. The summed E-state index contributed by atoms with van der Waals surface area (Å²) in [5, 5.41) is 10.2. The van der Waals surface area contributed by atoms with Gasteiger partial charge in [-0.25, -0.2) is 0 Å². The van der Waals surface area contributed by atoms with E-state index in [9.17, 15) is 5.11 Å². The lowest BCUT2D eigenvalue weighted by Crippen LogP contribution is -2.40. The quantitative estimate of drug-likeness (QED) is 0.841. The highest BCUT2D eigenvalue weighted by atomic mass is 16.5. The van der Waals surface area contributed by atoms with Crippen LogP contribution in [0.5, 0.6) is 0 Å². The average molecular weight is 281 g/mol. The molecule has 4 atom stereocenters. The first-order valence-electron chi connectivity index (χ1n) is 8.45. The van der Waals surface area contributed by atoms with Crippen LogP contribution in [0.4, 0.5) is 0 Å². The molecule has 116 valence electrons. The van der Waals surface area contributed by atoms with Crippen LogP contribution in [0, 0.1) is 16.7 Å². The van der Waals surface area contributed by atoms with Gasteiger partial charge in [-0.05, 0) is 61.9 Å². The average Bonchev–Trinajstić information content (AvgIpc) is 3.01. The van der Waals surface area contributed by atoms with Crippen molar-refractivity contribution in [3.8, 4) is 0 Å². The van der Waals surface area contributed by atoms with E-state index in [0.29, 0.717) is 23.5 Å². The van der Waals surface area contributed by atoms with Gasteiger partial charge in [-0.2, -0.15) is 0 Å². The summed E-state index contributed by atoms with van der Waals surface area (Å²) in [7, 11) is 0. The van der Waals surface area contributed by atoms with Gasteiger partial charge in [0.05, 0.1) is 18.8 Å². The Kier molecular flexibility index (Phi) is 3.89. The molecule has 3 aliphatic rings. The van der Waals surface area contributed by atoms with Gasteiger partial charge in [-0.15, -0.1) is 0 Å². The molecule has 1 aliphatic heterocycles. The van der Waals surface area contributed by atoms with Gasteiger partial charge in [0.25, 0.3) is 0 Å². The molecule has 1 heterocycles. The summed E-state index contributed by atoms with van der Waals surface area (Å²) in [5.41, 5.74) is 0.711. The van der Waals surface area contributed by atoms with Crippen molar-refractivity contribution in [3.63, 3.8) is 0 Å². The molecule has 1 saturated heterocycles. The largest absolute Gasteiger partial charge is 0.389 e. The van der Waals surface area contributed by atoms with Crippen molar-refractivity contribution in [3.05, 3.63) is 0 Å². The lowest BCUT2D eigenvalue weighted by atomic mass is 9.70. The molecule has 20 heavy (non-hydrogen) atoms. The summed E-state index contributed by atoms with van der Waals surface area (Å²) < 4.78 is 6.17. The first kappa shape index (κ1) is 14.8. The Morgan fingerprint density at radius 3 is 2.50 bits per heavy atom. The minimum Gasteiger partial charge on any atom is -0.389 e. The molecule has 0 aromatic carbocycles. The molecule has 3 fully saturated rings. The van der Waals surface area contributed by atoms with E-state index in [1.807, 2.05) is 0 Å². The van der Waals surface area contributed by atoms with Crippen molar-refractivity contribution in [2.45, 2.75) is 65.1 Å². The molecule has 0 radical (unpaired) electrons. The van der Waals surface area contributed by atoms with E-state index in [4.69, 9.17) is 4.74 Å². The minimum absolute atomic E-state index is 0.311. The van der Waals surface area contributed by atoms with Crippen molar-refractivity contribution in [2.24, 2.45) is 16.7 Å². The Labute approximate surface area is 123 Å². The third-order valence-corrected chi connectivity index (χ3v) is 6.87. The molecule has 2 bridgehead atoms. The Balaban J connectivity index is 1.49. The van der Waals surface area contributed by atoms with E-state index < -0.39 is 0 Å². The van der Waals surface area contributed by atoms with E-state index in [2.05, 4.69) is 25.7 Å². The van der Waals surface area contributed by atoms with E-state index >= 15 is 0 Å². The molecule has 3 rings (SSSR count). The molecule has 0 aromatic rings. The molecular formula is C17H31NO2. The van der Waals surface area contributed by atoms with Gasteiger partial charge in [0, 0.05) is 6.54 Å². The molecule has 2 saturated carbocycles. The fourth-order valence-corrected chi connectivity index (χ4v) is 4.93. The van der Waals surface area contributed by atoms with Crippen molar-refractivity contribution >= 4 is 0 Å². The summed E-state index contributed by atoms with van der Waals surface area (Å²) in [6.07, 6.45) is 6.44. The van der Waals surface area contributed by atoms with Gasteiger partial charge in [0.15, 0.2) is 0 Å². The second-order valence-corrected chi connectivity index (χ2v) is 8.09. The van der Waals surface area contributed by atoms with Crippen molar-refractivity contribution in [2.75, 3.05) is 26.2 Å². The van der Waals surface area contributed by atoms with E-state index in [1.165, 1.54) is 32.1 Å². The van der Waals surface area contributed by atoms with Crippen LogP contribution in [0.25, 0.3) is 0 Å². The highest BCUT2D eigenvalue weighted by Gasteiger charge is 2.61. The lowest BCUT2D eigenvalue weighted by molar-refractivity contribution is -0.0785. The van der Waals surface area contributed by atoms with Gasteiger partial charge in [0.2, 0.25) is 0 Å². The molecule has 0 aromatic heterocycles. The Morgan fingerprint density at radius 2 is 1.95 bits per heavy atom. The zero-order valence-electron chi connectivity index (χ0n) is 13.4. The first-order valence-corrected chi connectivity index (χ1v) is 8.45. The van der Waals surface area contributed by atoms with Crippen LogP contribution >= 0.6 is 0 Å². The third kappa shape index (κ3) is 2.32. The second-order valence-electron chi connectivity index (χ2n) is 8.09. The first-order chi connectivity index (χ1) is 9.43. The van der Waals surface area contributed by atoms with Crippen molar-refractivity contribution in [1.29, 1.82) is 0 Å². The topological polar surface area (TPSA) is 32.7 Å². The van der Waals surface area contributed by atoms with Crippen LogP contribution in [-0.4, -0.2) is 48.5 Å². The van der Waals surface area contributed by atoms with Crippen molar-refractivity contribution in [1.82, 2.24) is 4.90 Å². The molecule has 0 unspecified atom stereocenters. The van der Waals surface area contributed by atoms with Crippen LogP contribution in [0.15, 0.2) is 0 Å². The van der Waals surface area contributed by atoms with Gasteiger partial charge in [0.1, 0.15) is 0 Å². The van der Waals surface area contributed by atoms with Crippen molar-refractivity contribution < 1.29 is 9.84 Å². The van der Waals surface area contributed by atoms with Gasteiger partial charge in [-0.3, -0.25) is 0 Å². The standard InChI is InChI=1S/C17H31NO2/c1-16(2)13-6-7-17(16,3)15(10-13)20-12-14(19)11-18-8-4-5-9-18/h13-15,19H,4-12H2,1-3H3/t13-,14+,15-,17-/m0/s1. The number of aliphatic hydroxyl groups is 1. The van der Waals surface area contributed by atoms with Crippen LogP contribution in [0.2, 0.25) is 0 Å². The number of hydrogen-bond donors (Lipinski definition) is 1. The fraction of sp³-hybridized carbons (Fsp3) is 1.00. The second kappa shape index (κ2) is 5.26. The van der Waals surface area contributed by atoms with Gasteiger partial charge >= 0.3 is 0 Å². The fourth-order valence-electron chi connectivity index (χ4n) is 4.93. The summed E-state index contributed by atoms with van der Waals surface area (Å²) in [4.78, 5) is 2.36. The number of aliphatic hydroxyl groups excluding tert-OH is 1. The van der Waals surface area contributed by atoms with E-state index in [1.54, 1.807) is 0 Å². The number of likely N-dealkylation sites (tertiary alicyclic amines) is 1. The number of nitrogens with zero attached hydrogens (tertiary/aromatic N) is 1. The van der Waals surface area contributed by atoms with Crippen LogP contribution in [-0.2, 0) is 4.74 Å². The van der Waals surface area contributed by atoms with Crippen LogP contribution < -0.4 is 0 Å². The number of β-amino-alcohol motifs (C(OH)–C–C–N with tert-alkyl or cyclic N) is 1. The zero-order chi connectivity index (χ0) is 14.4. The molecule has 0 spiro atoms. The molecule has 0 amide bonds. The summed E-state index contributed by atoms with van der Waals surface area (Å²) in [6.45, 7) is 10.8. The van der Waals surface area contributed by atoms with E-state index in [0.717, 1.165) is 25.6 Å². The third-order valence-electron chi connectivity index (χ3n) is 6.87. The Bertz CT molecular complexity index is 351. The number of hydrogen-bond acceptors (Lipinski definition) is 3. The zero-order valence-corrected chi connectivity index (χ0v) is 13.4.